The molecule has 0 amide bonds. The number of aryl methyl sites for hydroxylation is 1. The summed E-state index contributed by atoms with van der Waals surface area (Å²) in [6.45, 7) is 1.88. The fourth-order valence-electron chi connectivity index (χ4n) is 3.05. The third-order valence-electron chi connectivity index (χ3n) is 4.40. The van der Waals surface area contributed by atoms with E-state index in [2.05, 4.69) is 19.8 Å². The molecule has 0 radical (unpaired) electrons. The van der Waals surface area contributed by atoms with Gasteiger partial charge in [0.1, 0.15) is 10.0 Å². The van der Waals surface area contributed by atoms with Gasteiger partial charge in [-0.05, 0) is 43.5 Å². The van der Waals surface area contributed by atoms with Crippen LogP contribution in [0.4, 0.5) is 5.82 Å². The van der Waals surface area contributed by atoms with E-state index in [0.717, 1.165) is 29.7 Å². The largest absolute Gasteiger partial charge is 0.339 e. The average Bonchev–Trinajstić information content (AvgIpc) is 3.34. The van der Waals surface area contributed by atoms with Crippen LogP contribution in [0.25, 0.3) is 11.4 Å². The molecule has 1 aliphatic rings. The fourth-order valence-corrected chi connectivity index (χ4v) is 5.20. The maximum absolute atomic E-state index is 12.6. The summed E-state index contributed by atoms with van der Waals surface area (Å²) in [6, 6.07) is 5.05. The zero-order valence-corrected chi connectivity index (χ0v) is 15.8. The third-order valence-corrected chi connectivity index (χ3v) is 7.19. The highest BCUT2D eigenvalue weighted by Crippen LogP contribution is 2.35. The molecule has 0 aromatic carbocycles. The van der Waals surface area contributed by atoms with E-state index >= 15 is 0 Å². The maximum atomic E-state index is 12.6. The number of hydrogen-bond acceptors (Lipinski definition) is 7. The second-order valence-electron chi connectivity index (χ2n) is 6.42. The molecular weight excluding hydrogens is 372 g/mol. The maximum Gasteiger partial charge on any atom is 0.272 e. The van der Waals surface area contributed by atoms with Crippen LogP contribution in [0.1, 0.15) is 43.1 Å². The molecule has 136 valence electrons. The van der Waals surface area contributed by atoms with Gasteiger partial charge in [0.15, 0.2) is 0 Å². The van der Waals surface area contributed by atoms with Crippen molar-refractivity contribution in [2.75, 3.05) is 4.72 Å². The second-order valence-corrected chi connectivity index (χ2v) is 9.24. The van der Waals surface area contributed by atoms with Gasteiger partial charge < -0.3 is 4.52 Å². The summed E-state index contributed by atoms with van der Waals surface area (Å²) in [5, 5.41) is 5.74. The van der Waals surface area contributed by atoms with Crippen LogP contribution in [0.5, 0.6) is 0 Å². The van der Waals surface area contributed by atoms with Gasteiger partial charge in [-0.2, -0.15) is 4.98 Å². The molecule has 0 saturated heterocycles. The van der Waals surface area contributed by atoms with E-state index in [9.17, 15) is 8.42 Å². The van der Waals surface area contributed by atoms with Crippen molar-refractivity contribution < 1.29 is 12.9 Å². The number of hydrogen-bond donors (Lipinski definition) is 1. The van der Waals surface area contributed by atoms with Crippen LogP contribution in [0.2, 0.25) is 0 Å². The number of anilines is 1. The van der Waals surface area contributed by atoms with Crippen molar-refractivity contribution in [3.05, 3.63) is 41.2 Å². The standard InChI is InChI=1S/C17H18N4O3S2/c1-11-6-7-18-14(8-11)21-26(22,23)15-9-13(10-25-15)16-19-17(24-20-16)12-4-2-3-5-12/h6-10,12H,2-5H2,1H3,(H,18,21). The van der Waals surface area contributed by atoms with E-state index in [0.29, 0.717) is 29.0 Å². The Morgan fingerprint density at radius 1 is 1.27 bits per heavy atom. The summed E-state index contributed by atoms with van der Waals surface area (Å²) >= 11 is 1.12. The number of sulfonamides is 1. The zero-order chi connectivity index (χ0) is 18.1. The van der Waals surface area contributed by atoms with E-state index in [1.165, 1.54) is 12.8 Å². The Morgan fingerprint density at radius 2 is 2.08 bits per heavy atom. The Bertz CT molecular complexity index is 1020. The highest BCUT2D eigenvalue weighted by Gasteiger charge is 2.24. The molecule has 1 N–H and O–H groups in total. The van der Waals surface area contributed by atoms with Gasteiger partial charge in [-0.15, -0.1) is 11.3 Å². The third kappa shape index (κ3) is 3.49. The quantitative estimate of drug-likeness (QED) is 0.708. The first kappa shape index (κ1) is 17.2. The lowest BCUT2D eigenvalue weighted by Crippen LogP contribution is -2.12. The topological polar surface area (TPSA) is 98.0 Å². The summed E-state index contributed by atoms with van der Waals surface area (Å²) in [5.41, 5.74) is 1.57. The van der Waals surface area contributed by atoms with Crippen LogP contribution in [-0.4, -0.2) is 23.5 Å². The predicted molar refractivity (Wildman–Crippen MR) is 98.6 cm³/mol. The lowest BCUT2D eigenvalue weighted by Gasteiger charge is -2.05. The smallest absolute Gasteiger partial charge is 0.272 e. The van der Waals surface area contributed by atoms with Crippen molar-refractivity contribution in [2.24, 2.45) is 0 Å². The first-order valence-corrected chi connectivity index (χ1v) is 10.8. The predicted octanol–water partition coefficient (Wildman–Crippen LogP) is 3.96. The Hall–Kier alpha value is -2.26. The SMILES string of the molecule is Cc1ccnc(NS(=O)(=O)c2cc(-c3noc(C4CCCC4)n3)cs2)c1. The van der Waals surface area contributed by atoms with Gasteiger partial charge in [0, 0.05) is 23.1 Å². The average molecular weight is 390 g/mol. The van der Waals surface area contributed by atoms with Gasteiger partial charge in [0.05, 0.1) is 0 Å². The summed E-state index contributed by atoms with van der Waals surface area (Å²) < 4.78 is 33.2. The van der Waals surface area contributed by atoms with Gasteiger partial charge in [-0.25, -0.2) is 13.4 Å². The number of nitrogens with one attached hydrogen (secondary N) is 1. The normalized spacial score (nSPS) is 15.4. The molecule has 1 aliphatic carbocycles. The highest BCUT2D eigenvalue weighted by molar-refractivity contribution is 7.94. The number of thiophene rings is 1. The summed E-state index contributed by atoms with van der Waals surface area (Å²) in [6.07, 6.45) is 6.07. The molecule has 3 heterocycles. The summed E-state index contributed by atoms with van der Waals surface area (Å²) in [5.74, 6) is 1.70. The first-order valence-electron chi connectivity index (χ1n) is 8.39. The second kappa shape index (κ2) is 6.81. The van der Waals surface area contributed by atoms with Crippen LogP contribution in [0, 0.1) is 6.92 Å². The molecule has 3 aromatic rings. The molecule has 26 heavy (non-hydrogen) atoms. The van der Waals surface area contributed by atoms with Gasteiger partial charge in [0.2, 0.25) is 11.7 Å². The molecule has 3 aromatic heterocycles. The van der Waals surface area contributed by atoms with Gasteiger partial charge in [-0.3, -0.25) is 4.72 Å². The number of nitrogens with zero attached hydrogens (tertiary/aromatic N) is 3. The van der Waals surface area contributed by atoms with Crippen molar-refractivity contribution >= 4 is 27.2 Å². The molecular formula is C17H18N4O3S2. The minimum Gasteiger partial charge on any atom is -0.339 e. The van der Waals surface area contributed by atoms with E-state index in [-0.39, 0.29) is 4.21 Å². The van der Waals surface area contributed by atoms with E-state index in [4.69, 9.17) is 4.52 Å². The van der Waals surface area contributed by atoms with Crippen LogP contribution in [0.15, 0.2) is 38.5 Å². The lowest BCUT2D eigenvalue weighted by atomic mass is 10.1. The van der Waals surface area contributed by atoms with Crippen molar-refractivity contribution in [2.45, 2.75) is 42.7 Å². The van der Waals surface area contributed by atoms with Crippen LogP contribution in [-0.2, 0) is 10.0 Å². The summed E-state index contributed by atoms with van der Waals surface area (Å²) in [7, 11) is -3.71. The summed E-state index contributed by atoms with van der Waals surface area (Å²) in [4.78, 5) is 8.49. The number of rotatable bonds is 5. The molecule has 0 aliphatic heterocycles. The van der Waals surface area contributed by atoms with E-state index < -0.39 is 10.0 Å². The van der Waals surface area contributed by atoms with Crippen molar-refractivity contribution in [3.8, 4) is 11.4 Å². The Morgan fingerprint density at radius 3 is 2.85 bits per heavy atom. The molecule has 1 fully saturated rings. The molecule has 1 saturated carbocycles. The molecule has 7 nitrogen and oxygen atoms in total. The first-order chi connectivity index (χ1) is 12.5. The minimum atomic E-state index is -3.71. The highest BCUT2D eigenvalue weighted by atomic mass is 32.2. The fraction of sp³-hybridized carbons (Fsp3) is 0.353. The van der Waals surface area contributed by atoms with Crippen LogP contribution < -0.4 is 4.72 Å². The van der Waals surface area contributed by atoms with Crippen LogP contribution >= 0.6 is 11.3 Å². The van der Waals surface area contributed by atoms with E-state index in [1.807, 2.05) is 6.92 Å². The molecule has 4 rings (SSSR count). The van der Waals surface area contributed by atoms with E-state index in [1.54, 1.807) is 29.8 Å². The van der Waals surface area contributed by atoms with Crippen molar-refractivity contribution in [3.63, 3.8) is 0 Å². The monoisotopic (exact) mass is 390 g/mol. The van der Waals surface area contributed by atoms with Crippen LogP contribution in [0.3, 0.4) is 0 Å². The molecule has 9 heteroatoms. The Balaban J connectivity index is 1.55. The number of aromatic nitrogens is 3. The molecule has 0 atom stereocenters. The van der Waals surface area contributed by atoms with Crippen molar-refractivity contribution in [1.29, 1.82) is 0 Å². The Labute approximate surface area is 155 Å². The Kier molecular flexibility index (Phi) is 4.49. The van der Waals surface area contributed by atoms with Crippen molar-refractivity contribution in [1.82, 2.24) is 15.1 Å². The minimum absolute atomic E-state index is 0.183. The van der Waals surface area contributed by atoms with Gasteiger partial charge >= 0.3 is 0 Å². The molecule has 0 unspecified atom stereocenters. The molecule has 0 spiro atoms. The number of pyridine rings is 1. The lowest BCUT2D eigenvalue weighted by molar-refractivity contribution is 0.354. The van der Waals surface area contributed by atoms with Gasteiger partial charge in [0.25, 0.3) is 10.0 Å². The van der Waals surface area contributed by atoms with Gasteiger partial charge in [-0.1, -0.05) is 18.0 Å². The zero-order valence-electron chi connectivity index (χ0n) is 14.2. The molecule has 0 bridgehead atoms.